The van der Waals surface area contributed by atoms with E-state index in [1.807, 2.05) is 6.92 Å². The number of nitrogens with one attached hydrogen (secondary N) is 1. The maximum atomic E-state index is 10.8. The van der Waals surface area contributed by atoms with Crippen LogP contribution in [-0.2, 0) is 9.53 Å². The van der Waals surface area contributed by atoms with E-state index in [9.17, 15) is 4.79 Å². The van der Waals surface area contributed by atoms with Gasteiger partial charge in [0.15, 0.2) is 0 Å². The van der Waals surface area contributed by atoms with Gasteiger partial charge < -0.3 is 15.2 Å². The molecule has 0 bridgehead atoms. The molecule has 4 heteroatoms. The Labute approximate surface area is 105 Å². The van der Waals surface area contributed by atoms with Gasteiger partial charge in [0.2, 0.25) is 0 Å². The highest BCUT2D eigenvalue weighted by Crippen LogP contribution is 2.02. The molecule has 0 aliphatic heterocycles. The van der Waals surface area contributed by atoms with E-state index in [-0.39, 0.29) is 0 Å². The molecule has 0 aliphatic carbocycles. The van der Waals surface area contributed by atoms with E-state index in [2.05, 4.69) is 12.2 Å². The van der Waals surface area contributed by atoms with Gasteiger partial charge in [-0.05, 0) is 19.4 Å². The number of ether oxygens (including phenoxy) is 1. The third-order valence-electron chi connectivity index (χ3n) is 2.69. The first-order chi connectivity index (χ1) is 8.22. The smallest absolute Gasteiger partial charge is 0.320 e. The normalized spacial score (nSPS) is 12.6. The highest BCUT2D eigenvalue weighted by molar-refractivity contribution is 5.73. The summed E-state index contributed by atoms with van der Waals surface area (Å²) in [6.45, 7) is 6.06. The molecule has 102 valence electrons. The number of likely N-dealkylation sites (N-methyl/N-ethyl adjacent to an activating group) is 1. The van der Waals surface area contributed by atoms with Crippen LogP contribution in [0.1, 0.15) is 52.4 Å². The number of carbonyl (C=O) groups is 1. The fraction of sp³-hybridized carbons (Fsp3) is 0.923. The molecule has 1 unspecified atom stereocenters. The first-order valence-corrected chi connectivity index (χ1v) is 6.76. The van der Waals surface area contributed by atoms with Crippen molar-refractivity contribution >= 4 is 5.97 Å². The van der Waals surface area contributed by atoms with Crippen molar-refractivity contribution in [1.29, 1.82) is 0 Å². The predicted octanol–water partition coefficient (Wildman–Crippen LogP) is 2.43. The molecule has 1 atom stereocenters. The first-order valence-electron chi connectivity index (χ1n) is 6.76. The molecule has 0 aromatic heterocycles. The van der Waals surface area contributed by atoms with Crippen LogP contribution in [0.15, 0.2) is 0 Å². The summed E-state index contributed by atoms with van der Waals surface area (Å²) in [6, 6.07) is -0.472. The highest BCUT2D eigenvalue weighted by Gasteiger charge is 2.14. The van der Waals surface area contributed by atoms with E-state index in [1.54, 1.807) is 0 Å². The van der Waals surface area contributed by atoms with Gasteiger partial charge in [-0.15, -0.1) is 0 Å². The van der Waals surface area contributed by atoms with Gasteiger partial charge in [0.25, 0.3) is 0 Å². The second kappa shape index (κ2) is 11.9. The second-order valence-corrected chi connectivity index (χ2v) is 4.26. The van der Waals surface area contributed by atoms with E-state index in [0.717, 1.165) is 13.0 Å². The Morgan fingerprint density at radius 1 is 1.18 bits per heavy atom. The third-order valence-corrected chi connectivity index (χ3v) is 2.69. The molecule has 2 N–H and O–H groups in total. The van der Waals surface area contributed by atoms with E-state index in [1.165, 1.54) is 25.7 Å². The molecule has 0 aromatic rings. The summed E-state index contributed by atoms with van der Waals surface area (Å²) in [6.07, 6.45) is 6.65. The lowest BCUT2D eigenvalue weighted by molar-refractivity contribution is -0.140. The average molecular weight is 245 g/mol. The summed E-state index contributed by atoms with van der Waals surface area (Å²) in [7, 11) is 0. The Kier molecular flexibility index (Phi) is 11.4. The van der Waals surface area contributed by atoms with Crippen LogP contribution in [0.5, 0.6) is 0 Å². The predicted molar refractivity (Wildman–Crippen MR) is 69.3 cm³/mol. The maximum absolute atomic E-state index is 10.8. The standard InChI is InChI=1S/C13H27NO3/c1-3-5-6-7-8-10-17-11-9-12(13(15)16)14-4-2/h12,14H,3-11H2,1-2H3,(H,15,16). The van der Waals surface area contributed by atoms with E-state index >= 15 is 0 Å². The van der Waals surface area contributed by atoms with Gasteiger partial charge in [-0.25, -0.2) is 0 Å². The zero-order valence-corrected chi connectivity index (χ0v) is 11.2. The van der Waals surface area contributed by atoms with Gasteiger partial charge in [0.05, 0.1) is 0 Å². The fourth-order valence-corrected chi connectivity index (χ4v) is 1.67. The van der Waals surface area contributed by atoms with Crippen LogP contribution in [-0.4, -0.2) is 36.9 Å². The summed E-state index contributed by atoms with van der Waals surface area (Å²) in [5.74, 6) is -0.793. The second-order valence-electron chi connectivity index (χ2n) is 4.26. The molecule has 0 spiro atoms. The molecule has 0 radical (unpaired) electrons. The topological polar surface area (TPSA) is 58.6 Å². The van der Waals surface area contributed by atoms with Crippen molar-refractivity contribution in [3.63, 3.8) is 0 Å². The quantitative estimate of drug-likeness (QED) is 0.518. The molecular weight excluding hydrogens is 218 g/mol. The lowest BCUT2D eigenvalue weighted by Gasteiger charge is -2.12. The minimum Gasteiger partial charge on any atom is -0.480 e. The lowest BCUT2D eigenvalue weighted by Crippen LogP contribution is -2.37. The maximum Gasteiger partial charge on any atom is 0.320 e. The molecule has 0 saturated heterocycles. The van der Waals surface area contributed by atoms with Crippen molar-refractivity contribution in [2.75, 3.05) is 19.8 Å². The Hall–Kier alpha value is -0.610. The molecule has 17 heavy (non-hydrogen) atoms. The molecule has 4 nitrogen and oxygen atoms in total. The van der Waals surface area contributed by atoms with Gasteiger partial charge in [0.1, 0.15) is 6.04 Å². The van der Waals surface area contributed by atoms with E-state index in [0.29, 0.717) is 19.6 Å². The molecule has 0 fully saturated rings. The van der Waals surface area contributed by atoms with Gasteiger partial charge in [-0.1, -0.05) is 39.5 Å². The van der Waals surface area contributed by atoms with Crippen LogP contribution in [0.3, 0.4) is 0 Å². The van der Waals surface area contributed by atoms with Gasteiger partial charge in [-0.2, -0.15) is 0 Å². The van der Waals surface area contributed by atoms with Crippen molar-refractivity contribution in [1.82, 2.24) is 5.32 Å². The largest absolute Gasteiger partial charge is 0.480 e. The van der Waals surface area contributed by atoms with Crippen LogP contribution >= 0.6 is 0 Å². The Morgan fingerprint density at radius 2 is 1.88 bits per heavy atom. The Morgan fingerprint density at radius 3 is 2.47 bits per heavy atom. The van der Waals surface area contributed by atoms with Crippen molar-refractivity contribution in [3.05, 3.63) is 0 Å². The zero-order chi connectivity index (χ0) is 12.9. The van der Waals surface area contributed by atoms with Crippen molar-refractivity contribution < 1.29 is 14.6 Å². The number of unbranched alkanes of at least 4 members (excludes halogenated alkanes) is 4. The molecule has 0 heterocycles. The number of hydrogen-bond donors (Lipinski definition) is 2. The zero-order valence-electron chi connectivity index (χ0n) is 11.2. The molecule has 0 amide bonds. The summed E-state index contributed by atoms with van der Waals surface area (Å²) < 4.78 is 5.44. The fourth-order valence-electron chi connectivity index (χ4n) is 1.67. The van der Waals surface area contributed by atoms with Gasteiger partial charge in [0, 0.05) is 13.2 Å². The van der Waals surface area contributed by atoms with Crippen molar-refractivity contribution in [3.8, 4) is 0 Å². The van der Waals surface area contributed by atoms with Crippen molar-refractivity contribution in [2.45, 2.75) is 58.4 Å². The van der Waals surface area contributed by atoms with Crippen LogP contribution < -0.4 is 5.32 Å². The number of aliphatic carboxylic acids is 1. The van der Waals surface area contributed by atoms with Crippen LogP contribution in [0, 0.1) is 0 Å². The summed E-state index contributed by atoms with van der Waals surface area (Å²) >= 11 is 0. The number of carboxylic acids is 1. The SMILES string of the molecule is CCCCCCCOCCC(NCC)C(=O)O. The number of carboxylic acid groups (broad SMARTS) is 1. The van der Waals surface area contributed by atoms with E-state index in [4.69, 9.17) is 9.84 Å². The van der Waals surface area contributed by atoms with E-state index < -0.39 is 12.0 Å². The highest BCUT2D eigenvalue weighted by atomic mass is 16.5. The van der Waals surface area contributed by atoms with Crippen molar-refractivity contribution in [2.24, 2.45) is 0 Å². The first kappa shape index (κ1) is 16.4. The van der Waals surface area contributed by atoms with Crippen LogP contribution in [0.25, 0.3) is 0 Å². The number of hydrogen-bond acceptors (Lipinski definition) is 3. The third kappa shape index (κ3) is 10.3. The molecule has 0 saturated carbocycles. The lowest BCUT2D eigenvalue weighted by atomic mass is 10.2. The Balaban J connectivity index is 3.33. The summed E-state index contributed by atoms with van der Waals surface area (Å²) in [5, 5.41) is 11.8. The molecule has 0 aliphatic rings. The molecule has 0 aromatic carbocycles. The monoisotopic (exact) mass is 245 g/mol. The Bertz CT molecular complexity index is 186. The summed E-state index contributed by atoms with van der Waals surface area (Å²) in [5.41, 5.74) is 0. The van der Waals surface area contributed by atoms with Crippen LogP contribution in [0.2, 0.25) is 0 Å². The van der Waals surface area contributed by atoms with Gasteiger partial charge >= 0.3 is 5.97 Å². The van der Waals surface area contributed by atoms with Crippen LogP contribution in [0.4, 0.5) is 0 Å². The minimum atomic E-state index is -0.793. The molecular formula is C13H27NO3. The molecule has 0 rings (SSSR count). The summed E-state index contributed by atoms with van der Waals surface area (Å²) in [4.78, 5) is 10.8. The minimum absolute atomic E-state index is 0.472. The number of rotatable bonds is 12. The average Bonchev–Trinajstić information content (AvgIpc) is 2.31. The van der Waals surface area contributed by atoms with Gasteiger partial charge in [-0.3, -0.25) is 4.79 Å².